The fraction of sp³-hybridized carbons (Fsp3) is 0. The van der Waals surface area contributed by atoms with Crippen molar-refractivity contribution in [2.75, 3.05) is 4.90 Å². The Morgan fingerprint density at radius 3 is 1.81 bits per heavy atom. The van der Waals surface area contributed by atoms with E-state index in [1.165, 1.54) is 4.90 Å². The zero-order chi connectivity index (χ0) is 35.3. The van der Waals surface area contributed by atoms with Crippen LogP contribution in [0, 0.1) is 11.3 Å². The zero-order valence-corrected chi connectivity index (χ0v) is 29.1. The van der Waals surface area contributed by atoms with Crippen LogP contribution in [0.5, 0.6) is 0 Å². The van der Waals surface area contributed by atoms with E-state index in [9.17, 15) is 5.26 Å². The molecule has 53 heavy (non-hydrogen) atoms. The Kier molecular flexibility index (Phi) is 7.34. The summed E-state index contributed by atoms with van der Waals surface area (Å²) in [6.07, 6.45) is 0. The van der Waals surface area contributed by atoms with Gasteiger partial charge in [-0.25, -0.2) is 15.0 Å². The molecule has 248 valence electrons. The molecule has 0 unspecified atom stereocenters. The highest BCUT2D eigenvalue weighted by atomic mass is 32.2. The first-order valence-electron chi connectivity index (χ1n) is 17.3. The lowest BCUT2D eigenvalue weighted by Gasteiger charge is -2.33. The summed E-state index contributed by atoms with van der Waals surface area (Å²) in [5, 5.41) is 12.9. The Labute approximate surface area is 310 Å². The lowest BCUT2D eigenvalue weighted by molar-refractivity contribution is 1.07. The molecule has 1 aliphatic rings. The summed E-state index contributed by atoms with van der Waals surface area (Å²) in [7, 11) is 0. The van der Waals surface area contributed by atoms with Crippen LogP contribution in [0.2, 0.25) is 0 Å². The molecule has 0 bridgehead atoms. The van der Waals surface area contributed by atoms with Gasteiger partial charge in [0.1, 0.15) is 0 Å². The fourth-order valence-electron chi connectivity index (χ4n) is 7.24. The molecule has 0 radical (unpaired) electrons. The SMILES string of the molecule is N#Cc1cc(-n2c3ccccc3c3cc4c(cc32)Sc2ccccc2N4c2ccccc2)ccc1-c1nc(-c2ccccc2)nc(-c2ccccc2)n1. The normalized spacial score (nSPS) is 12.0. The predicted molar refractivity (Wildman–Crippen MR) is 214 cm³/mol. The first kappa shape index (κ1) is 30.8. The number of anilines is 3. The summed E-state index contributed by atoms with van der Waals surface area (Å²) < 4.78 is 2.27. The van der Waals surface area contributed by atoms with Gasteiger partial charge >= 0.3 is 0 Å². The average Bonchev–Trinajstić information content (AvgIpc) is 3.55. The first-order valence-corrected chi connectivity index (χ1v) is 18.2. The standard InChI is InChI=1S/C46H28N6S/c47-29-32-26-34(24-25-35(32)46-49-44(30-14-4-1-5-15-30)48-45(50-46)31-16-6-2-7-17-31)52-38-21-11-10-20-36(38)37-27-41-43(28-40(37)52)53-42-23-13-12-22-39(42)51(41)33-18-8-3-9-19-33/h1-28H. The second-order valence-corrected chi connectivity index (χ2v) is 13.9. The Balaban J connectivity index is 1.16. The van der Waals surface area contributed by atoms with Crippen LogP contribution < -0.4 is 4.90 Å². The predicted octanol–water partition coefficient (Wildman–Crippen LogP) is 11.8. The van der Waals surface area contributed by atoms with Crippen molar-refractivity contribution in [3.63, 3.8) is 0 Å². The van der Waals surface area contributed by atoms with Crippen LogP contribution in [0.25, 0.3) is 61.7 Å². The van der Waals surface area contributed by atoms with Gasteiger partial charge in [0.05, 0.1) is 34.0 Å². The monoisotopic (exact) mass is 696 g/mol. The van der Waals surface area contributed by atoms with E-state index >= 15 is 0 Å². The first-order chi connectivity index (χ1) is 26.2. The molecule has 0 aliphatic carbocycles. The molecule has 3 heterocycles. The number of benzene rings is 7. The molecule has 6 nitrogen and oxygen atoms in total. The van der Waals surface area contributed by atoms with Crippen LogP contribution in [0.3, 0.4) is 0 Å². The van der Waals surface area contributed by atoms with Crippen molar-refractivity contribution >= 4 is 50.6 Å². The van der Waals surface area contributed by atoms with Crippen molar-refractivity contribution < 1.29 is 0 Å². The second kappa shape index (κ2) is 12.6. The number of aromatic nitrogens is 4. The maximum atomic E-state index is 10.7. The highest BCUT2D eigenvalue weighted by molar-refractivity contribution is 7.99. The van der Waals surface area contributed by atoms with E-state index in [2.05, 4.69) is 113 Å². The molecule has 0 saturated heterocycles. The largest absolute Gasteiger partial charge is 0.309 e. The van der Waals surface area contributed by atoms with Gasteiger partial charge in [-0.05, 0) is 60.7 Å². The Morgan fingerprint density at radius 2 is 1.09 bits per heavy atom. The number of hydrogen-bond donors (Lipinski definition) is 0. The maximum absolute atomic E-state index is 10.7. The van der Waals surface area contributed by atoms with Crippen LogP contribution in [0.4, 0.5) is 17.1 Å². The molecule has 7 aromatic carbocycles. The minimum Gasteiger partial charge on any atom is -0.309 e. The smallest absolute Gasteiger partial charge is 0.165 e. The van der Waals surface area contributed by atoms with Gasteiger partial charge in [0, 0.05) is 48.6 Å². The van der Waals surface area contributed by atoms with Gasteiger partial charge < -0.3 is 9.47 Å². The summed E-state index contributed by atoms with van der Waals surface area (Å²) in [5.41, 5.74) is 9.32. The third kappa shape index (κ3) is 5.24. The lowest BCUT2D eigenvalue weighted by atomic mass is 10.1. The van der Waals surface area contributed by atoms with E-state index < -0.39 is 0 Å². The van der Waals surface area contributed by atoms with Crippen molar-refractivity contribution in [2.45, 2.75) is 9.79 Å². The van der Waals surface area contributed by atoms with E-state index in [0.717, 1.165) is 60.6 Å². The van der Waals surface area contributed by atoms with E-state index in [-0.39, 0.29) is 0 Å². The third-order valence-corrected chi connectivity index (χ3v) is 10.8. The van der Waals surface area contributed by atoms with E-state index in [1.807, 2.05) is 72.8 Å². The quantitative estimate of drug-likeness (QED) is 0.178. The molecule has 0 spiro atoms. The van der Waals surface area contributed by atoms with Crippen molar-refractivity contribution in [2.24, 2.45) is 0 Å². The molecular formula is C46H28N6S. The van der Waals surface area contributed by atoms with Crippen LogP contribution in [0.1, 0.15) is 5.56 Å². The summed E-state index contributed by atoms with van der Waals surface area (Å²) in [5.74, 6) is 1.56. The van der Waals surface area contributed by atoms with Gasteiger partial charge in [0.15, 0.2) is 17.5 Å². The van der Waals surface area contributed by atoms with Crippen LogP contribution in [0.15, 0.2) is 180 Å². The van der Waals surface area contributed by atoms with Crippen molar-refractivity contribution in [3.05, 3.63) is 175 Å². The Bertz CT molecular complexity index is 2820. The Hall–Kier alpha value is -7.01. The Morgan fingerprint density at radius 1 is 0.472 bits per heavy atom. The molecule has 0 atom stereocenters. The van der Waals surface area contributed by atoms with Crippen LogP contribution >= 0.6 is 11.8 Å². The van der Waals surface area contributed by atoms with Gasteiger partial charge in [-0.15, -0.1) is 0 Å². The lowest BCUT2D eigenvalue weighted by Crippen LogP contribution is -2.14. The van der Waals surface area contributed by atoms with Crippen molar-refractivity contribution in [1.29, 1.82) is 5.26 Å². The average molecular weight is 697 g/mol. The molecule has 1 aliphatic heterocycles. The number of nitriles is 1. The minimum absolute atomic E-state index is 0.452. The summed E-state index contributed by atoms with van der Waals surface area (Å²) >= 11 is 1.79. The van der Waals surface area contributed by atoms with Gasteiger partial charge in [-0.2, -0.15) is 5.26 Å². The number of para-hydroxylation sites is 3. The van der Waals surface area contributed by atoms with Gasteiger partial charge in [0.2, 0.25) is 0 Å². The van der Waals surface area contributed by atoms with Crippen molar-refractivity contribution in [1.82, 2.24) is 19.5 Å². The molecule has 0 fully saturated rings. The number of hydrogen-bond acceptors (Lipinski definition) is 6. The number of rotatable bonds is 5. The van der Waals surface area contributed by atoms with Crippen molar-refractivity contribution in [3.8, 4) is 45.9 Å². The van der Waals surface area contributed by atoms with E-state index in [4.69, 9.17) is 15.0 Å². The maximum Gasteiger partial charge on any atom is 0.165 e. The molecular weight excluding hydrogens is 669 g/mol. The fourth-order valence-corrected chi connectivity index (χ4v) is 8.31. The molecule has 10 rings (SSSR count). The van der Waals surface area contributed by atoms with E-state index in [0.29, 0.717) is 28.6 Å². The molecule has 0 N–H and O–H groups in total. The highest BCUT2D eigenvalue weighted by Crippen LogP contribution is 2.53. The molecule has 0 amide bonds. The highest BCUT2D eigenvalue weighted by Gasteiger charge is 2.27. The van der Waals surface area contributed by atoms with Gasteiger partial charge in [0.25, 0.3) is 0 Å². The third-order valence-electron chi connectivity index (χ3n) is 9.66. The summed E-state index contributed by atoms with van der Waals surface area (Å²) in [6, 6.07) is 60.4. The van der Waals surface area contributed by atoms with Gasteiger partial charge in [-0.1, -0.05) is 121 Å². The topological polar surface area (TPSA) is 70.6 Å². The van der Waals surface area contributed by atoms with Gasteiger partial charge in [-0.3, -0.25) is 0 Å². The molecule has 2 aromatic heterocycles. The molecule has 0 saturated carbocycles. The van der Waals surface area contributed by atoms with Crippen LogP contribution in [-0.4, -0.2) is 19.5 Å². The molecule has 7 heteroatoms. The minimum atomic E-state index is 0.452. The zero-order valence-electron chi connectivity index (χ0n) is 28.3. The second-order valence-electron chi connectivity index (χ2n) is 12.8. The van der Waals surface area contributed by atoms with E-state index in [1.54, 1.807) is 11.8 Å². The number of nitrogens with zero attached hydrogens (tertiary/aromatic N) is 6. The summed E-state index contributed by atoms with van der Waals surface area (Å²) in [4.78, 5) is 19.4. The summed E-state index contributed by atoms with van der Waals surface area (Å²) in [6.45, 7) is 0. The molecule has 9 aromatic rings. The van der Waals surface area contributed by atoms with Crippen LogP contribution in [-0.2, 0) is 0 Å². The number of fused-ring (bicyclic) bond motifs is 5.